The minimum absolute atomic E-state index is 0.239. The van der Waals surface area contributed by atoms with E-state index in [0.717, 1.165) is 17.5 Å². The maximum atomic E-state index is 12.6. The number of amides is 1. The molecule has 0 heterocycles. The summed E-state index contributed by atoms with van der Waals surface area (Å²) in [6, 6.07) is 12.6. The quantitative estimate of drug-likeness (QED) is 0.293. The van der Waals surface area contributed by atoms with E-state index in [4.69, 9.17) is 37.4 Å². The summed E-state index contributed by atoms with van der Waals surface area (Å²) in [5, 5.41) is 10.4. The number of rotatable bonds is 15. The largest absolute Gasteiger partial charge is 0.492 e. The fourth-order valence-corrected chi connectivity index (χ4v) is 4.05. The predicted molar refractivity (Wildman–Crippen MR) is 141 cm³/mol. The van der Waals surface area contributed by atoms with Gasteiger partial charge in [0.25, 0.3) is 0 Å². The van der Waals surface area contributed by atoms with Crippen LogP contribution in [-0.4, -0.2) is 61.1 Å². The molecular formula is C27H35Cl2NO6. The van der Waals surface area contributed by atoms with Crippen molar-refractivity contribution in [3.8, 4) is 5.75 Å². The molecule has 1 amide bonds. The van der Waals surface area contributed by atoms with Crippen LogP contribution < -0.4 is 4.74 Å². The summed E-state index contributed by atoms with van der Waals surface area (Å²) < 4.78 is 16.5. The minimum atomic E-state index is -0.986. The Balaban J connectivity index is 1.90. The molecule has 0 radical (unpaired) electrons. The zero-order valence-corrected chi connectivity index (χ0v) is 22.6. The van der Waals surface area contributed by atoms with Crippen molar-refractivity contribution >= 4 is 35.3 Å². The first kappa shape index (κ1) is 29.7. The van der Waals surface area contributed by atoms with Crippen molar-refractivity contribution < 1.29 is 28.9 Å². The van der Waals surface area contributed by atoms with Crippen LogP contribution in [0.2, 0.25) is 10.0 Å². The third kappa shape index (κ3) is 11.1. The number of aryl methyl sites for hydroxylation is 1. The first-order chi connectivity index (χ1) is 17.2. The average Bonchev–Trinajstić information content (AvgIpc) is 2.81. The lowest BCUT2D eigenvalue weighted by Gasteiger charge is -2.23. The normalized spacial score (nSPS) is 11.8. The van der Waals surface area contributed by atoms with Gasteiger partial charge in [0.05, 0.1) is 13.2 Å². The van der Waals surface area contributed by atoms with Crippen molar-refractivity contribution in [1.82, 2.24) is 4.90 Å². The Morgan fingerprint density at radius 2 is 1.67 bits per heavy atom. The zero-order chi connectivity index (χ0) is 26.5. The fraction of sp³-hybridized carbons (Fsp3) is 0.481. The number of carbonyl (C=O) groups excluding carboxylic acids is 1. The molecular weight excluding hydrogens is 505 g/mol. The number of halogens is 2. The van der Waals surface area contributed by atoms with Gasteiger partial charge in [-0.15, -0.1) is 0 Å². The van der Waals surface area contributed by atoms with E-state index in [2.05, 4.69) is 0 Å². The molecule has 7 nitrogen and oxygen atoms in total. The summed E-state index contributed by atoms with van der Waals surface area (Å²) in [5.41, 5.74) is 1.84. The molecule has 2 rings (SSSR count). The van der Waals surface area contributed by atoms with Crippen LogP contribution in [0.3, 0.4) is 0 Å². The lowest BCUT2D eigenvalue weighted by atomic mass is 10.1. The third-order valence-corrected chi connectivity index (χ3v) is 5.67. The summed E-state index contributed by atoms with van der Waals surface area (Å²) >= 11 is 12.2. The Morgan fingerprint density at radius 1 is 1.00 bits per heavy atom. The molecule has 0 aliphatic carbocycles. The molecule has 198 valence electrons. The third-order valence-electron chi connectivity index (χ3n) is 5.23. The van der Waals surface area contributed by atoms with E-state index in [0.29, 0.717) is 48.5 Å². The molecule has 0 bridgehead atoms. The monoisotopic (exact) mass is 539 g/mol. The van der Waals surface area contributed by atoms with E-state index in [9.17, 15) is 14.7 Å². The van der Waals surface area contributed by atoms with Crippen molar-refractivity contribution in [2.45, 2.75) is 46.1 Å². The average molecular weight is 540 g/mol. The first-order valence-electron chi connectivity index (χ1n) is 12.1. The van der Waals surface area contributed by atoms with Gasteiger partial charge in [0.1, 0.15) is 12.4 Å². The molecule has 0 aromatic heterocycles. The van der Waals surface area contributed by atoms with E-state index < -0.39 is 12.1 Å². The van der Waals surface area contributed by atoms with Gasteiger partial charge in [0.15, 0.2) is 6.10 Å². The topological polar surface area (TPSA) is 85.3 Å². The summed E-state index contributed by atoms with van der Waals surface area (Å²) in [5.74, 6) is -0.117. The number of hydrogen-bond donors (Lipinski definition) is 1. The van der Waals surface area contributed by atoms with Gasteiger partial charge in [-0.05, 0) is 67.1 Å². The predicted octanol–water partition coefficient (Wildman–Crippen LogP) is 6.13. The van der Waals surface area contributed by atoms with Gasteiger partial charge in [0, 0.05) is 29.6 Å². The Hall–Kier alpha value is -2.48. The van der Waals surface area contributed by atoms with Gasteiger partial charge in [-0.25, -0.2) is 9.59 Å². The molecule has 2 aromatic carbocycles. The highest BCUT2D eigenvalue weighted by Gasteiger charge is 2.18. The van der Waals surface area contributed by atoms with Crippen LogP contribution in [0.5, 0.6) is 5.75 Å². The van der Waals surface area contributed by atoms with Crippen LogP contribution in [-0.2, 0) is 27.1 Å². The van der Waals surface area contributed by atoms with Crippen molar-refractivity contribution in [1.29, 1.82) is 0 Å². The highest BCUT2D eigenvalue weighted by Crippen LogP contribution is 2.20. The smallest absolute Gasteiger partial charge is 0.409 e. The summed E-state index contributed by atoms with van der Waals surface area (Å²) in [7, 11) is 0. The Bertz CT molecular complexity index is 947. The molecule has 1 atom stereocenters. The zero-order valence-electron chi connectivity index (χ0n) is 21.0. The van der Waals surface area contributed by atoms with Crippen LogP contribution in [0, 0.1) is 5.92 Å². The number of benzene rings is 2. The first-order valence-corrected chi connectivity index (χ1v) is 12.9. The van der Waals surface area contributed by atoms with E-state index in [1.165, 1.54) is 0 Å². The van der Waals surface area contributed by atoms with E-state index in [1.807, 2.05) is 38.1 Å². The number of carboxylic acids is 1. The van der Waals surface area contributed by atoms with Gasteiger partial charge in [0.2, 0.25) is 0 Å². The van der Waals surface area contributed by atoms with Gasteiger partial charge in [-0.1, -0.05) is 49.2 Å². The van der Waals surface area contributed by atoms with Crippen molar-refractivity contribution in [3.63, 3.8) is 0 Å². The second-order valence-electron chi connectivity index (χ2n) is 8.82. The molecule has 0 spiro atoms. The fourth-order valence-electron chi connectivity index (χ4n) is 3.48. The van der Waals surface area contributed by atoms with Crippen molar-refractivity contribution in [3.05, 3.63) is 63.6 Å². The van der Waals surface area contributed by atoms with Crippen LogP contribution in [0.25, 0.3) is 0 Å². The SMILES string of the molecule is CCOC(Cc1ccc(OCCN(CCCc2cc(Cl)cc(Cl)c2)C(=O)OCC(C)C)cc1)C(=O)O. The van der Waals surface area contributed by atoms with Crippen molar-refractivity contribution in [2.24, 2.45) is 5.92 Å². The Morgan fingerprint density at radius 3 is 2.25 bits per heavy atom. The lowest BCUT2D eigenvalue weighted by molar-refractivity contribution is -0.149. The second kappa shape index (κ2) is 15.6. The summed E-state index contributed by atoms with van der Waals surface area (Å²) in [4.78, 5) is 25.6. The van der Waals surface area contributed by atoms with E-state index in [-0.39, 0.29) is 25.0 Å². The molecule has 9 heteroatoms. The number of carboxylic acid groups (broad SMARTS) is 1. The number of carbonyl (C=O) groups is 2. The maximum absolute atomic E-state index is 12.6. The van der Waals surface area contributed by atoms with Crippen LogP contribution in [0.1, 0.15) is 38.3 Å². The van der Waals surface area contributed by atoms with Crippen LogP contribution in [0.15, 0.2) is 42.5 Å². The molecule has 1 unspecified atom stereocenters. The standard InChI is InChI=1S/C27H35Cl2NO6/c1-4-34-25(26(31)32)16-20-7-9-24(10-8-20)35-13-12-30(27(33)36-18-19(2)3)11-5-6-21-14-22(28)17-23(29)15-21/h7-10,14-15,17,19,25H,4-6,11-13,16,18H2,1-3H3,(H,31,32). The molecule has 36 heavy (non-hydrogen) atoms. The molecule has 1 N–H and O–H groups in total. The second-order valence-corrected chi connectivity index (χ2v) is 9.69. The molecule has 2 aromatic rings. The van der Waals surface area contributed by atoms with E-state index in [1.54, 1.807) is 30.0 Å². The molecule has 0 saturated carbocycles. The van der Waals surface area contributed by atoms with Crippen LogP contribution in [0.4, 0.5) is 4.79 Å². The molecule has 0 fully saturated rings. The highest BCUT2D eigenvalue weighted by molar-refractivity contribution is 6.34. The minimum Gasteiger partial charge on any atom is -0.492 e. The Kier molecular flexibility index (Phi) is 12.9. The van der Waals surface area contributed by atoms with Crippen LogP contribution >= 0.6 is 23.2 Å². The number of aliphatic carboxylic acids is 1. The molecule has 0 saturated heterocycles. The highest BCUT2D eigenvalue weighted by atomic mass is 35.5. The Labute approximate surface area is 223 Å². The molecule has 0 aliphatic heterocycles. The summed E-state index contributed by atoms with van der Waals surface area (Å²) in [6.45, 7) is 7.57. The molecule has 0 aliphatic rings. The van der Waals surface area contributed by atoms with E-state index >= 15 is 0 Å². The maximum Gasteiger partial charge on any atom is 0.409 e. The lowest BCUT2D eigenvalue weighted by Crippen LogP contribution is -2.36. The van der Waals surface area contributed by atoms with Gasteiger partial charge < -0.3 is 24.2 Å². The van der Waals surface area contributed by atoms with Crippen molar-refractivity contribution in [2.75, 3.05) is 32.9 Å². The van der Waals surface area contributed by atoms with Gasteiger partial charge in [-0.2, -0.15) is 0 Å². The number of hydrogen-bond acceptors (Lipinski definition) is 5. The number of ether oxygens (including phenoxy) is 3. The summed E-state index contributed by atoms with van der Waals surface area (Å²) in [6.07, 6.45) is 0.455. The number of nitrogens with zero attached hydrogens (tertiary/aromatic N) is 1. The van der Waals surface area contributed by atoms with Gasteiger partial charge in [-0.3, -0.25) is 0 Å². The van der Waals surface area contributed by atoms with Gasteiger partial charge >= 0.3 is 12.1 Å².